The lowest BCUT2D eigenvalue weighted by molar-refractivity contribution is -0.255. The van der Waals surface area contributed by atoms with Crippen molar-refractivity contribution in [2.24, 2.45) is 28.8 Å². The molecule has 13 nitrogen and oxygen atoms in total. The number of hydrogen-bond acceptors (Lipinski definition) is 11. The van der Waals surface area contributed by atoms with Crippen molar-refractivity contribution in [1.29, 1.82) is 0 Å². The number of benzene rings is 2. The minimum Gasteiger partial charge on any atom is -0.497 e. The van der Waals surface area contributed by atoms with Gasteiger partial charge in [-0.3, -0.25) is 10.1 Å². The number of unbranched alkanes of at least 4 members (excludes halogenated alkanes) is 2. The lowest BCUT2D eigenvalue weighted by Crippen LogP contribution is -2.69. The second-order valence-electron chi connectivity index (χ2n) is 15.0. The fourth-order valence-electron chi connectivity index (χ4n) is 8.85. The van der Waals surface area contributed by atoms with Crippen molar-refractivity contribution in [3.63, 3.8) is 0 Å². The predicted molar refractivity (Wildman–Crippen MR) is 211 cm³/mol. The molecule has 3 aliphatic carbocycles. The maximum absolute atomic E-state index is 13.9. The van der Waals surface area contributed by atoms with Gasteiger partial charge >= 0.3 is 6.09 Å². The molecule has 0 unspecified atom stereocenters. The van der Waals surface area contributed by atoms with Gasteiger partial charge in [-0.15, -0.1) is 6.58 Å². The van der Waals surface area contributed by atoms with E-state index >= 15 is 0 Å². The van der Waals surface area contributed by atoms with Crippen LogP contribution >= 0.6 is 0 Å². The molecule has 0 spiro atoms. The Bertz CT molecular complexity index is 1780. The highest BCUT2D eigenvalue weighted by Crippen LogP contribution is 2.62. The summed E-state index contributed by atoms with van der Waals surface area (Å²) in [5.74, 6) is -0.00465. The summed E-state index contributed by atoms with van der Waals surface area (Å²) in [4.78, 5) is 34.9. The molecule has 56 heavy (non-hydrogen) atoms. The van der Waals surface area contributed by atoms with Crippen molar-refractivity contribution in [3.8, 4) is 23.0 Å². The summed E-state index contributed by atoms with van der Waals surface area (Å²) in [6, 6.07) is 9.89. The average molecular weight is 776 g/mol. The molecule has 2 saturated carbocycles. The van der Waals surface area contributed by atoms with E-state index in [2.05, 4.69) is 18.0 Å². The fraction of sp³-hybridized carbons (Fsp3) is 0.558. The number of nitrogens with zero attached hydrogens (tertiary/aromatic N) is 2. The van der Waals surface area contributed by atoms with Crippen molar-refractivity contribution >= 4 is 23.4 Å². The molecule has 6 rings (SSSR count). The normalized spacial score (nSPS) is 25.5. The molecule has 1 heterocycles. The number of allylic oxidation sites excluding steroid dienone is 1. The van der Waals surface area contributed by atoms with E-state index in [0.717, 1.165) is 55.4 Å². The van der Waals surface area contributed by atoms with Gasteiger partial charge in [0, 0.05) is 50.1 Å². The summed E-state index contributed by atoms with van der Waals surface area (Å²) in [7, 11) is 4.89. The van der Waals surface area contributed by atoms with Crippen molar-refractivity contribution in [1.82, 2.24) is 4.90 Å². The van der Waals surface area contributed by atoms with Crippen LogP contribution in [0, 0.1) is 23.7 Å². The number of hydrogen-bond donors (Lipinski definition) is 3. The van der Waals surface area contributed by atoms with E-state index in [1.165, 1.54) is 7.11 Å². The number of aliphatic hydroxyl groups excluding tert-OH is 2. The first-order valence-corrected chi connectivity index (χ1v) is 19.9. The predicted octanol–water partition coefficient (Wildman–Crippen LogP) is 6.84. The van der Waals surface area contributed by atoms with Crippen molar-refractivity contribution < 1.29 is 48.3 Å². The summed E-state index contributed by atoms with van der Waals surface area (Å²) in [6.45, 7) is 6.59. The number of oxime groups is 1. The Balaban J connectivity index is 1.48. The minimum absolute atomic E-state index is 0.0347. The zero-order valence-corrected chi connectivity index (χ0v) is 33.0. The van der Waals surface area contributed by atoms with Gasteiger partial charge in [-0.1, -0.05) is 30.1 Å². The van der Waals surface area contributed by atoms with Crippen LogP contribution in [-0.4, -0.2) is 92.3 Å². The van der Waals surface area contributed by atoms with Gasteiger partial charge in [-0.05, 0) is 93.2 Å². The lowest BCUT2D eigenvalue weighted by atomic mass is 9.55. The average Bonchev–Trinajstić information content (AvgIpc) is 4.06. The second-order valence-corrected chi connectivity index (χ2v) is 15.0. The molecule has 1 aliphatic heterocycles. The number of methoxy groups -OCH3 is 2. The smallest absolute Gasteiger partial charge is 0.417 e. The highest BCUT2D eigenvalue weighted by Gasteiger charge is 2.65. The lowest BCUT2D eigenvalue weighted by Gasteiger charge is -2.59. The Kier molecular flexibility index (Phi) is 13.6. The molecule has 13 heteroatoms. The number of likely N-dealkylation sites (N-methyl/N-ethyl adjacent to an activating group) is 1. The van der Waals surface area contributed by atoms with Crippen LogP contribution in [0.15, 0.2) is 65.9 Å². The van der Waals surface area contributed by atoms with Gasteiger partial charge in [0.2, 0.25) is 11.7 Å². The van der Waals surface area contributed by atoms with Crippen molar-refractivity contribution in [3.05, 3.63) is 66.3 Å². The molecule has 2 aromatic rings. The van der Waals surface area contributed by atoms with E-state index in [4.69, 9.17) is 33.7 Å². The van der Waals surface area contributed by atoms with Gasteiger partial charge in [-0.25, -0.2) is 4.79 Å². The maximum Gasteiger partial charge on any atom is 0.417 e. The molecule has 0 saturated heterocycles. The summed E-state index contributed by atoms with van der Waals surface area (Å²) < 4.78 is 30.8. The van der Waals surface area contributed by atoms with E-state index in [-0.39, 0.29) is 49.4 Å². The van der Waals surface area contributed by atoms with Gasteiger partial charge in [0.05, 0.1) is 38.1 Å². The number of carbonyl (C=O) groups is 2. The first-order valence-electron chi connectivity index (χ1n) is 19.9. The molecule has 2 amide bonds. The van der Waals surface area contributed by atoms with Gasteiger partial charge < -0.3 is 43.6 Å². The third-order valence-corrected chi connectivity index (χ3v) is 11.5. The third kappa shape index (κ3) is 8.54. The summed E-state index contributed by atoms with van der Waals surface area (Å²) in [5, 5.41) is 27.1. The number of nitrogens with one attached hydrogen (secondary N) is 1. The second kappa shape index (κ2) is 18.6. The topological polar surface area (TPSA) is 158 Å². The molecular weight excluding hydrogens is 718 g/mol. The molecule has 0 bridgehead atoms. The van der Waals surface area contributed by atoms with E-state index in [1.807, 2.05) is 26.1 Å². The van der Waals surface area contributed by atoms with Crippen LogP contribution in [0.3, 0.4) is 0 Å². The number of amides is 2. The van der Waals surface area contributed by atoms with Crippen LogP contribution in [0.1, 0.15) is 76.2 Å². The van der Waals surface area contributed by atoms with Gasteiger partial charge in [0.15, 0.2) is 0 Å². The number of rotatable bonds is 19. The Morgan fingerprint density at radius 1 is 1.04 bits per heavy atom. The van der Waals surface area contributed by atoms with E-state index < -0.39 is 23.8 Å². The van der Waals surface area contributed by atoms with Crippen LogP contribution < -0.4 is 24.3 Å². The number of ether oxygens (including phenoxy) is 5. The van der Waals surface area contributed by atoms with Crippen LogP contribution in [-0.2, 0) is 14.4 Å². The molecule has 4 aliphatic rings. The Labute approximate surface area is 329 Å². The molecule has 0 aromatic heterocycles. The molecule has 0 radical (unpaired) electrons. The van der Waals surface area contributed by atoms with Crippen LogP contribution in [0.25, 0.3) is 0 Å². The van der Waals surface area contributed by atoms with Gasteiger partial charge in [0.1, 0.15) is 35.6 Å². The SMILES string of the molecule is C=CCO[C@@]12Oc3ccc(OC(=O)Nc4ccc(OC)cc4OC)cc3[C@H]3[C@H](CCCCO)[C@@H](CCCCO)C=C(C(=NOCC)C[C@@H]1N(C)C(=O)C1CC1)[C@H]32. The minimum atomic E-state index is -1.32. The highest BCUT2D eigenvalue weighted by atomic mass is 16.7. The summed E-state index contributed by atoms with van der Waals surface area (Å²) in [6.07, 6.45) is 9.87. The summed E-state index contributed by atoms with van der Waals surface area (Å²) >= 11 is 0. The molecule has 6 atom stereocenters. The van der Waals surface area contributed by atoms with Crippen molar-refractivity contribution in [2.75, 3.05) is 53.0 Å². The number of carbonyl (C=O) groups excluding carboxylic acids is 2. The standard InChI is InChI=1S/C43H57N3O10/c1-6-22-53-43-38(46(3)41(49)27-14-15-27)26-35(45-54-7-2)32-23-28(12-8-10-20-47)31(13-9-11-21-48)39(40(32)43)33-24-30(17-19-36(33)56-43)55-42(50)44-34-18-16-29(51-4)25-37(34)52-5/h6,16-19,23-25,27-28,31,38-40,47-48H,1,7-15,20-22,26H2,2-5H3,(H,44,50)/t28-,31+,38-,39+,40+,43+/m0/s1. The zero-order valence-electron chi connectivity index (χ0n) is 33.0. The molecular formula is C43H57N3O10. The quantitative estimate of drug-likeness (QED) is 0.0785. The Morgan fingerprint density at radius 3 is 2.46 bits per heavy atom. The maximum atomic E-state index is 13.9. The van der Waals surface area contributed by atoms with E-state index in [0.29, 0.717) is 54.6 Å². The van der Waals surface area contributed by atoms with Crippen LogP contribution in [0.5, 0.6) is 23.0 Å². The molecule has 2 aromatic carbocycles. The summed E-state index contributed by atoms with van der Waals surface area (Å²) in [5.41, 5.74) is 2.96. The highest BCUT2D eigenvalue weighted by molar-refractivity contribution is 6.03. The Morgan fingerprint density at radius 2 is 1.79 bits per heavy atom. The number of anilines is 1. The molecule has 304 valence electrons. The Hall–Kier alpha value is -4.59. The monoisotopic (exact) mass is 775 g/mol. The first-order chi connectivity index (χ1) is 27.2. The largest absolute Gasteiger partial charge is 0.497 e. The number of aliphatic hydroxyl groups is 2. The number of fused-ring (bicyclic) bond motifs is 2. The van der Waals surface area contributed by atoms with Crippen LogP contribution in [0.2, 0.25) is 0 Å². The van der Waals surface area contributed by atoms with Gasteiger partial charge in [-0.2, -0.15) is 0 Å². The van der Waals surface area contributed by atoms with E-state index in [1.54, 1.807) is 42.4 Å². The molecule has 3 N–H and O–H groups in total. The van der Waals surface area contributed by atoms with Crippen molar-refractivity contribution in [2.45, 2.75) is 82.5 Å². The van der Waals surface area contributed by atoms with Gasteiger partial charge in [0.25, 0.3) is 0 Å². The zero-order chi connectivity index (χ0) is 39.8. The third-order valence-electron chi connectivity index (χ3n) is 11.5. The van der Waals surface area contributed by atoms with E-state index in [9.17, 15) is 19.8 Å². The fourth-order valence-corrected chi connectivity index (χ4v) is 8.85. The molecule has 2 fully saturated rings. The van der Waals surface area contributed by atoms with Crippen LogP contribution in [0.4, 0.5) is 10.5 Å². The first kappa shape index (κ1) is 41.1.